The smallest absolute Gasteiger partial charge is 0.309 e. The predicted molar refractivity (Wildman–Crippen MR) is 91.6 cm³/mol. The van der Waals surface area contributed by atoms with Gasteiger partial charge in [-0.05, 0) is 68.6 Å². The van der Waals surface area contributed by atoms with Crippen LogP contribution in [0.1, 0.15) is 65.7 Å². The Morgan fingerprint density at radius 1 is 1.45 bits per heavy atom. The first-order valence-electron chi connectivity index (χ1n) is 8.79. The van der Waals surface area contributed by atoms with E-state index in [-0.39, 0.29) is 11.3 Å². The largest absolute Gasteiger partial charge is 0.481 e. The van der Waals surface area contributed by atoms with Crippen molar-refractivity contribution in [3.05, 3.63) is 24.8 Å². The molecule has 2 saturated carbocycles. The molecule has 0 heterocycles. The lowest BCUT2D eigenvalue weighted by molar-refractivity contribution is -0.164. The third-order valence-electron chi connectivity index (χ3n) is 6.82. The van der Waals surface area contributed by atoms with Gasteiger partial charge in [0, 0.05) is 0 Å². The lowest BCUT2D eigenvalue weighted by atomic mass is 9.46. The molecule has 124 valence electrons. The summed E-state index contributed by atoms with van der Waals surface area (Å²) in [6.07, 6.45) is 9.25. The Hall–Kier alpha value is -1.05. The average molecular weight is 304 g/mol. The van der Waals surface area contributed by atoms with E-state index in [1.807, 2.05) is 13.0 Å². The van der Waals surface area contributed by atoms with Crippen LogP contribution in [0.4, 0.5) is 0 Å². The number of hydrogen-bond acceptors (Lipinski definition) is 1. The number of rotatable bonds is 5. The van der Waals surface area contributed by atoms with E-state index in [4.69, 9.17) is 0 Å². The number of carboxylic acid groups (broad SMARTS) is 1. The molecule has 0 aliphatic heterocycles. The first-order chi connectivity index (χ1) is 10.3. The second-order valence-electron chi connectivity index (χ2n) is 8.17. The van der Waals surface area contributed by atoms with E-state index in [0.717, 1.165) is 44.9 Å². The molecular formula is C20H32O2. The molecular weight excluding hydrogens is 272 g/mol. The van der Waals surface area contributed by atoms with Gasteiger partial charge in [-0.2, -0.15) is 0 Å². The Kier molecular flexibility index (Phi) is 4.89. The zero-order valence-electron chi connectivity index (χ0n) is 14.5. The van der Waals surface area contributed by atoms with Crippen LogP contribution in [0.25, 0.3) is 0 Å². The third kappa shape index (κ3) is 2.77. The van der Waals surface area contributed by atoms with Gasteiger partial charge in [0.25, 0.3) is 0 Å². The van der Waals surface area contributed by atoms with Gasteiger partial charge < -0.3 is 5.11 Å². The van der Waals surface area contributed by atoms with Gasteiger partial charge in [-0.3, -0.25) is 4.79 Å². The van der Waals surface area contributed by atoms with Crippen molar-refractivity contribution < 1.29 is 9.90 Å². The SMILES string of the molecule is C=CC(C)CCC1C(=C)CCC2C(C)(C(=O)O)CCCC12C. The van der Waals surface area contributed by atoms with Crippen LogP contribution in [-0.2, 0) is 4.79 Å². The zero-order valence-corrected chi connectivity index (χ0v) is 14.5. The van der Waals surface area contributed by atoms with Crippen molar-refractivity contribution in [2.24, 2.45) is 28.6 Å². The highest BCUT2D eigenvalue weighted by Crippen LogP contribution is 2.62. The van der Waals surface area contributed by atoms with Crippen LogP contribution in [0.2, 0.25) is 0 Å². The number of hydrogen-bond donors (Lipinski definition) is 1. The van der Waals surface area contributed by atoms with Crippen molar-refractivity contribution >= 4 is 5.97 Å². The second kappa shape index (κ2) is 6.22. The van der Waals surface area contributed by atoms with Crippen LogP contribution in [0, 0.1) is 28.6 Å². The van der Waals surface area contributed by atoms with E-state index in [1.165, 1.54) is 5.57 Å². The normalized spacial score (nSPS) is 39.9. The van der Waals surface area contributed by atoms with Crippen molar-refractivity contribution in [3.8, 4) is 0 Å². The van der Waals surface area contributed by atoms with E-state index in [0.29, 0.717) is 11.8 Å². The molecule has 0 saturated heterocycles. The molecule has 0 bridgehead atoms. The first-order valence-corrected chi connectivity index (χ1v) is 8.79. The highest BCUT2D eigenvalue weighted by atomic mass is 16.4. The Labute approximate surface area is 135 Å². The molecule has 0 aromatic carbocycles. The van der Waals surface area contributed by atoms with Crippen LogP contribution in [0.15, 0.2) is 24.8 Å². The summed E-state index contributed by atoms with van der Waals surface area (Å²) in [5, 5.41) is 9.82. The summed E-state index contributed by atoms with van der Waals surface area (Å²) in [5.41, 5.74) is 0.891. The van der Waals surface area contributed by atoms with Crippen molar-refractivity contribution in [1.82, 2.24) is 0 Å². The minimum absolute atomic E-state index is 0.0988. The molecule has 2 aliphatic rings. The number of allylic oxidation sites excluding steroid dienone is 2. The maximum absolute atomic E-state index is 11.9. The van der Waals surface area contributed by atoms with Crippen LogP contribution in [0.5, 0.6) is 0 Å². The van der Waals surface area contributed by atoms with Crippen molar-refractivity contribution in [1.29, 1.82) is 0 Å². The molecule has 2 rings (SSSR count). The summed E-state index contributed by atoms with van der Waals surface area (Å²) >= 11 is 0. The summed E-state index contributed by atoms with van der Waals surface area (Å²) in [7, 11) is 0. The van der Waals surface area contributed by atoms with Crippen LogP contribution in [-0.4, -0.2) is 11.1 Å². The average Bonchev–Trinajstić information content (AvgIpc) is 2.45. The number of carboxylic acids is 1. The van der Waals surface area contributed by atoms with Gasteiger partial charge >= 0.3 is 5.97 Å². The highest BCUT2D eigenvalue weighted by molar-refractivity contribution is 5.75. The minimum Gasteiger partial charge on any atom is -0.481 e. The molecule has 5 atom stereocenters. The number of carbonyl (C=O) groups is 1. The quantitative estimate of drug-likeness (QED) is 0.685. The van der Waals surface area contributed by atoms with E-state index >= 15 is 0 Å². The van der Waals surface area contributed by atoms with E-state index < -0.39 is 11.4 Å². The Morgan fingerprint density at radius 3 is 2.73 bits per heavy atom. The Morgan fingerprint density at radius 2 is 2.14 bits per heavy atom. The van der Waals surface area contributed by atoms with E-state index in [9.17, 15) is 9.90 Å². The molecule has 0 aromatic rings. The van der Waals surface area contributed by atoms with Crippen LogP contribution >= 0.6 is 0 Å². The fourth-order valence-corrected chi connectivity index (χ4v) is 5.29. The standard InChI is InChI=1S/C20H32O2/c1-6-14(2)8-10-16-15(3)9-11-17-19(16,4)12-7-13-20(17,5)18(21)22/h6,14,16-17H,1,3,7-13H2,2,4-5H3,(H,21,22). The third-order valence-corrected chi connectivity index (χ3v) is 6.82. The van der Waals surface area contributed by atoms with Gasteiger partial charge in [-0.1, -0.05) is 38.5 Å². The van der Waals surface area contributed by atoms with Gasteiger partial charge in [0.2, 0.25) is 0 Å². The maximum Gasteiger partial charge on any atom is 0.309 e. The van der Waals surface area contributed by atoms with E-state index in [1.54, 1.807) is 0 Å². The lowest BCUT2D eigenvalue weighted by Gasteiger charge is -2.57. The van der Waals surface area contributed by atoms with Crippen molar-refractivity contribution in [2.75, 3.05) is 0 Å². The molecule has 2 aliphatic carbocycles. The van der Waals surface area contributed by atoms with Crippen LogP contribution < -0.4 is 0 Å². The lowest BCUT2D eigenvalue weighted by Crippen LogP contribution is -2.53. The van der Waals surface area contributed by atoms with Crippen molar-refractivity contribution in [3.63, 3.8) is 0 Å². The van der Waals surface area contributed by atoms with Gasteiger partial charge in [-0.25, -0.2) is 0 Å². The summed E-state index contributed by atoms with van der Waals surface area (Å²) in [4.78, 5) is 11.9. The molecule has 2 heteroatoms. The summed E-state index contributed by atoms with van der Waals surface area (Å²) < 4.78 is 0. The molecule has 0 aromatic heterocycles. The van der Waals surface area contributed by atoms with E-state index in [2.05, 4.69) is 27.0 Å². The summed E-state index contributed by atoms with van der Waals surface area (Å²) in [6, 6.07) is 0. The van der Waals surface area contributed by atoms with Crippen LogP contribution in [0.3, 0.4) is 0 Å². The predicted octanol–water partition coefficient (Wildman–Crippen LogP) is 5.45. The molecule has 2 nitrogen and oxygen atoms in total. The van der Waals surface area contributed by atoms with Gasteiger partial charge in [0.05, 0.1) is 5.41 Å². The summed E-state index contributed by atoms with van der Waals surface area (Å²) in [5.74, 6) is 0.661. The van der Waals surface area contributed by atoms with Crippen molar-refractivity contribution in [2.45, 2.75) is 65.7 Å². The number of fused-ring (bicyclic) bond motifs is 1. The fraction of sp³-hybridized carbons (Fsp3) is 0.750. The number of aliphatic carboxylic acids is 1. The summed E-state index contributed by atoms with van der Waals surface area (Å²) in [6.45, 7) is 14.8. The topological polar surface area (TPSA) is 37.3 Å². The monoisotopic (exact) mass is 304 g/mol. The van der Waals surface area contributed by atoms with Gasteiger partial charge in [0.1, 0.15) is 0 Å². The molecule has 22 heavy (non-hydrogen) atoms. The molecule has 5 unspecified atom stereocenters. The zero-order chi connectivity index (χ0) is 16.5. The fourth-order valence-electron chi connectivity index (χ4n) is 5.29. The van der Waals surface area contributed by atoms with Gasteiger partial charge in [-0.15, -0.1) is 6.58 Å². The second-order valence-corrected chi connectivity index (χ2v) is 8.17. The Balaban J connectivity index is 2.28. The highest BCUT2D eigenvalue weighted by Gasteiger charge is 2.57. The minimum atomic E-state index is -0.603. The maximum atomic E-state index is 11.9. The van der Waals surface area contributed by atoms with Gasteiger partial charge in [0.15, 0.2) is 0 Å². The first kappa shape index (κ1) is 17.3. The Bertz CT molecular complexity index is 466. The molecule has 2 fully saturated rings. The molecule has 0 amide bonds. The molecule has 1 N–H and O–H groups in total. The molecule has 0 radical (unpaired) electrons. The molecule has 0 spiro atoms.